The van der Waals surface area contributed by atoms with Crippen molar-refractivity contribution in [2.75, 3.05) is 19.1 Å². The van der Waals surface area contributed by atoms with E-state index in [1.807, 2.05) is 0 Å². The molecule has 0 saturated heterocycles. The molecule has 21 heavy (non-hydrogen) atoms. The molecule has 0 aliphatic heterocycles. The van der Waals surface area contributed by atoms with Gasteiger partial charge in [-0.1, -0.05) is 15.9 Å². The van der Waals surface area contributed by atoms with E-state index in [0.717, 1.165) is 6.26 Å². The van der Waals surface area contributed by atoms with Crippen LogP contribution in [0.1, 0.15) is 27.6 Å². The monoisotopic (exact) mass is 377 g/mol. The quantitative estimate of drug-likeness (QED) is 0.841. The number of aromatic carboxylic acids is 1. The summed E-state index contributed by atoms with van der Waals surface area (Å²) in [5.41, 5.74) is 0.168. The third-order valence-electron chi connectivity index (χ3n) is 2.92. The molecule has 1 aromatic carbocycles. The van der Waals surface area contributed by atoms with Gasteiger partial charge in [0.05, 0.1) is 11.3 Å². The molecular formula is C13H16BrNO5S. The zero-order valence-electron chi connectivity index (χ0n) is 11.8. The molecule has 0 heterocycles. The number of carboxylic acid groups (broad SMARTS) is 1. The van der Waals surface area contributed by atoms with Crippen LogP contribution in [0.2, 0.25) is 0 Å². The Morgan fingerprint density at radius 3 is 2.29 bits per heavy atom. The van der Waals surface area contributed by atoms with E-state index in [0.29, 0.717) is 4.47 Å². The Morgan fingerprint density at radius 2 is 1.81 bits per heavy atom. The van der Waals surface area contributed by atoms with Crippen molar-refractivity contribution in [3.63, 3.8) is 0 Å². The number of carbonyl (C=O) groups excluding carboxylic acids is 1. The maximum Gasteiger partial charge on any atom is 0.335 e. The number of benzene rings is 1. The molecule has 1 rings (SSSR count). The molecule has 1 unspecified atom stereocenters. The first kappa shape index (κ1) is 17.6. The van der Waals surface area contributed by atoms with Gasteiger partial charge in [-0.3, -0.25) is 4.79 Å². The molecule has 0 spiro atoms. The van der Waals surface area contributed by atoms with Crippen LogP contribution in [0, 0.1) is 0 Å². The Bertz CT molecular complexity index is 671. The van der Waals surface area contributed by atoms with E-state index >= 15 is 0 Å². The molecule has 0 aromatic heterocycles. The molecule has 6 nitrogen and oxygen atoms in total. The summed E-state index contributed by atoms with van der Waals surface area (Å²) in [6.45, 7) is 1.62. The van der Waals surface area contributed by atoms with Crippen molar-refractivity contribution in [3.8, 4) is 0 Å². The Balaban J connectivity index is 3.05. The van der Waals surface area contributed by atoms with Crippen molar-refractivity contribution < 1.29 is 23.1 Å². The number of hydrogen-bond donors (Lipinski definition) is 1. The molecule has 1 N–H and O–H groups in total. The Hall–Kier alpha value is -1.41. The average Bonchev–Trinajstić information content (AvgIpc) is 2.34. The highest BCUT2D eigenvalue weighted by Crippen LogP contribution is 2.18. The van der Waals surface area contributed by atoms with Gasteiger partial charge in [0.2, 0.25) is 0 Å². The summed E-state index contributed by atoms with van der Waals surface area (Å²) >= 11 is 3.15. The molecule has 0 saturated carbocycles. The van der Waals surface area contributed by atoms with Gasteiger partial charge in [0.1, 0.15) is 9.84 Å². The largest absolute Gasteiger partial charge is 0.478 e. The number of amides is 1. The highest BCUT2D eigenvalue weighted by Gasteiger charge is 2.22. The number of carboxylic acids is 1. The number of nitrogens with zero attached hydrogens (tertiary/aromatic N) is 1. The summed E-state index contributed by atoms with van der Waals surface area (Å²) in [7, 11) is -1.73. The number of sulfone groups is 1. The third kappa shape index (κ3) is 5.13. The predicted molar refractivity (Wildman–Crippen MR) is 82.4 cm³/mol. The molecule has 0 aliphatic rings. The molecule has 0 fully saturated rings. The lowest BCUT2D eigenvalue weighted by molar-refractivity contribution is 0.0696. The first-order valence-corrected chi connectivity index (χ1v) is 8.85. The molecule has 0 bridgehead atoms. The van der Waals surface area contributed by atoms with Crippen LogP contribution in [0.3, 0.4) is 0 Å². The van der Waals surface area contributed by atoms with Crippen molar-refractivity contribution in [3.05, 3.63) is 33.8 Å². The Kier molecular flexibility index (Phi) is 5.52. The molecule has 1 amide bonds. The van der Waals surface area contributed by atoms with Crippen molar-refractivity contribution in [2.24, 2.45) is 0 Å². The van der Waals surface area contributed by atoms with E-state index in [9.17, 15) is 18.0 Å². The highest BCUT2D eigenvalue weighted by atomic mass is 79.9. The maximum absolute atomic E-state index is 12.3. The number of carbonyl (C=O) groups is 2. The summed E-state index contributed by atoms with van der Waals surface area (Å²) in [6, 6.07) is 3.64. The molecule has 116 valence electrons. The van der Waals surface area contributed by atoms with Crippen LogP contribution in [0.15, 0.2) is 22.7 Å². The van der Waals surface area contributed by atoms with Crippen LogP contribution in [0.25, 0.3) is 0 Å². The van der Waals surface area contributed by atoms with E-state index in [2.05, 4.69) is 15.9 Å². The Morgan fingerprint density at radius 1 is 1.29 bits per heavy atom. The van der Waals surface area contributed by atoms with Gasteiger partial charge >= 0.3 is 5.97 Å². The molecule has 1 aromatic rings. The predicted octanol–water partition coefficient (Wildman–Crippen LogP) is 1.65. The summed E-state index contributed by atoms with van der Waals surface area (Å²) in [5, 5.41) is 8.99. The van der Waals surface area contributed by atoms with Crippen molar-refractivity contribution in [1.82, 2.24) is 4.90 Å². The van der Waals surface area contributed by atoms with Gasteiger partial charge in [-0.25, -0.2) is 13.2 Å². The minimum Gasteiger partial charge on any atom is -0.478 e. The highest BCUT2D eigenvalue weighted by molar-refractivity contribution is 9.10. The van der Waals surface area contributed by atoms with E-state index in [1.165, 1.54) is 30.1 Å². The summed E-state index contributed by atoms with van der Waals surface area (Å²) < 4.78 is 23.0. The molecule has 8 heteroatoms. The van der Waals surface area contributed by atoms with Gasteiger partial charge in [0.25, 0.3) is 5.91 Å². The van der Waals surface area contributed by atoms with E-state index in [4.69, 9.17) is 5.11 Å². The lowest BCUT2D eigenvalue weighted by atomic mass is 10.1. The fraction of sp³-hybridized carbons (Fsp3) is 0.385. The summed E-state index contributed by atoms with van der Waals surface area (Å²) in [5.74, 6) is -1.73. The minimum absolute atomic E-state index is 0.0168. The van der Waals surface area contributed by atoms with Crippen LogP contribution >= 0.6 is 15.9 Å². The third-order valence-corrected chi connectivity index (χ3v) is 4.46. The first-order chi connectivity index (χ1) is 9.51. The van der Waals surface area contributed by atoms with E-state index in [-0.39, 0.29) is 16.9 Å². The van der Waals surface area contributed by atoms with Gasteiger partial charge in [0, 0.05) is 29.4 Å². The second kappa shape index (κ2) is 6.57. The van der Waals surface area contributed by atoms with E-state index in [1.54, 1.807) is 6.92 Å². The zero-order valence-corrected chi connectivity index (χ0v) is 14.2. The van der Waals surface area contributed by atoms with Gasteiger partial charge in [-0.2, -0.15) is 0 Å². The van der Waals surface area contributed by atoms with Gasteiger partial charge in [-0.15, -0.1) is 0 Å². The molecule has 1 atom stereocenters. The average molecular weight is 378 g/mol. The van der Waals surface area contributed by atoms with Gasteiger partial charge in [-0.05, 0) is 25.1 Å². The van der Waals surface area contributed by atoms with E-state index < -0.39 is 27.8 Å². The molecule has 0 radical (unpaired) electrons. The standard InChI is InChI=1S/C13H16BrNO5S/c1-8(7-21(3,19)20)15(2)12(16)9-4-10(13(17)18)6-11(14)5-9/h4-6,8H,7H2,1-3H3,(H,17,18). The van der Waals surface area contributed by atoms with Crippen LogP contribution in [-0.2, 0) is 9.84 Å². The first-order valence-electron chi connectivity index (χ1n) is 6.00. The fourth-order valence-corrected chi connectivity index (χ4v) is 3.38. The fourth-order valence-electron chi connectivity index (χ4n) is 1.79. The number of hydrogen-bond acceptors (Lipinski definition) is 4. The summed E-state index contributed by atoms with van der Waals surface area (Å²) in [4.78, 5) is 24.6. The zero-order chi connectivity index (χ0) is 16.4. The smallest absolute Gasteiger partial charge is 0.335 e. The minimum atomic E-state index is -3.21. The van der Waals surface area contributed by atoms with Crippen molar-refractivity contribution >= 4 is 37.6 Å². The summed E-state index contributed by atoms with van der Waals surface area (Å²) in [6.07, 6.45) is 1.10. The number of halogens is 1. The lowest BCUT2D eigenvalue weighted by Gasteiger charge is -2.24. The van der Waals surface area contributed by atoms with Crippen LogP contribution in [0.4, 0.5) is 0 Å². The van der Waals surface area contributed by atoms with Crippen LogP contribution < -0.4 is 0 Å². The topological polar surface area (TPSA) is 91.8 Å². The lowest BCUT2D eigenvalue weighted by Crippen LogP contribution is -2.39. The van der Waals surface area contributed by atoms with Crippen molar-refractivity contribution in [2.45, 2.75) is 13.0 Å². The number of rotatable bonds is 5. The van der Waals surface area contributed by atoms with Gasteiger partial charge < -0.3 is 10.0 Å². The SMILES string of the molecule is CC(CS(C)(=O)=O)N(C)C(=O)c1cc(Br)cc(C(=O)O)c1. The molecular weight excluding hydrogens is 362 g/mol. The van der Waals surface area contributed by atoms with Crippen LogP contribution in [-0.4, -0.2) is 55.4 Å². The second-order valence-electron chi connectivity index (χ2n) is 4.89. The normalized spacial score (nSPS) is 12.8. The van der Waals surface area contributed by atoms with Crippen LogP contribution in [0.5, 0.6) is 0 Å². The Labute approximate surface area is 131 Å². The second-order valence-corrected chi connectivity index (χ2v) is 7.99. The van der Waals surface area contributed by atoms with Gasteiger partial charge in [0.15, 0.2) is 0 Å². The van der Waals surface area contributed by atoms with Crippen molar-refractivity contribution in [1.29, 1.82) is 0 Å². The maximum atomic E-state index is 12.3. The molecule has 0 aliphatic carbocycles.